The lowest BCUT2D eigenvalue weighted by Gasteiger charge is -2.13. The Labute approximate surface area is 120 Å². The Morgan fingerprint density at radius 3 is 2.75 bits per heavy atom. The Kier molecular flexibility index (Phi) is 4.18. The van der Waals surface area contributed by atoms with Gasteiger partial charge in [0.15, 0.2) is 0 Å². The van der Waals surface area contributed by atoms with Gasteiger partial charge in [-0.1, -0.05) is 0 Å². The van der Waals surface area contributed by atoms with E-state index in [4.69, 9.17) is 5.26 Å². The van der Waals surface area contributed by atoms with E-state index in [2.05, 4.69) is 4.72 Å². The fourth-order valence-corrected chi connectivity index (χ4v) is 3.66. The van der Waals surface area contributed by atoms with Crippen molar-refractivity contribution in [3.63, 3.8) is 0 Å². The highest BCUT2D eigenvalue weighted by atomic mass is 32.2. The number of hydrogen-bond acceptors (Lipinski definition) is 4. The molecule has 0 aliphatic heterocycles. The summed E-state index contributed by atoms with van der Waals surface area (Å²) in [5.41, 5.74) is 0.553. The van der Waals surface area contributed by atoms with Crippen LogP contribution in [0.2, 0.25) is 0 Å². The number of hydrogen-bond donors (Lipinski definition) is 1. The van der Waals surface area contributed by atoms with Crippen molar-refractivity contribution in [3.8, 4) is 6.07 Å². The maximum absolute atomic E-state index is 13.2. The molecule has 1 heterocycles. The molecule has 7 heteroatoms. The molecule has 0 aliphatic carbocycles. The van der Waals surface area contributed by atoms with Gasteiger partial charge in [-0.25, -0.2) is 17.5 Å². The predicted molar refractivity (Wildman–Crippen MR) is 74.2 cm³/mol. The van der Waals surface area contributed by atoms with Crippen molar-refractivity contribution in [2.75, 3.05) is 0 Å². The molecule has 1 unspecified atom stereocenters. The number of nitrogens with one attached hydrogen (secondary N) is 1. The quantitative estimate of drug-likeness (QED) is 0.944. The molecule has 0 bridgehead atoms. The first-order valence-electron chi connectivity index (χ1n) is 5.68. The van der Waals surface area contributed by atoms with E-state index in [1.54, 1.807) is 13.0 Å². The average Bonchev–Trinajstić information content (AvgIpc) is 2.92. The Morgan fingerprint density at radius 2 is 2.15 bits per heavy atom. The minimum Gasteiger partial charge on any atom is -0.207 e. The van der Waals surface area contributed by atoms with E-state index in [-0.39, 0.29) is 10.5 Å². The van der Waals surface area contributed by atoms with Gasteiger partial charge >= 0.3 is 0 Å². The standard InChI is InChI=1S/C13H11FN2O2S2/c1-9(10-4-5-19-8-10)16-20(17,18)12-2-3-13(14)11(6-12)7-15/h2-6,8-9,16H,1H3. The third-order valence-electron chi connectivity index (χ3n) is 2.74. The highest BCUT2D eigenvalue weighted by molar-refractivity contribution is 7.89. The van der Waals surface area contributed by atoms with Gasteiger partial charge in [0.05, 0.1) is 10.5 Å². The molecule has 0 saturated carbocycles. The van der Waals surface area contributed by atoms with Gasteiger partial charge in [0.25, 0.3) is 0 Å². The van der Waals surface area contributed by atoms with E-state index in [0.717, 1.165) is 23.8 Å². The number of thiophene rings is 1. The molecule has 1 N–H and O–H groups in total. The lowest BCUT2D eigenvalue weighted by molar-refractivity contribution is 0.566. The lowest BCUT2D eigenvalue weighted by atomic mass is 10.2. The van der Waals surface area contributed by atoms with Gasteiger partial charge in [0, 0.05) is 6.04 Å². The molecule has 0 saturated heterocycles. The summed E-state index contributed by atoms with van der Waals surface area (Å²) in [7, 11) is -3.80. The number of nitriles is 1. The number of nitrogens with zero attached hydrogens (tertiary/aromatic N) is 1. The summed E-state index contributed by atoms with van der Waals surface area (Å²) < 4.78 is 40.1. The topological polar surface area (TPSA) is 70.0 Å². The Balaban J connectivity index is 2.29. The zero-order valence-electron chi connectivity index (χ0n) is 10.5. The minimum absolute atomic E-state index is 0.127. The van der Waals surface area contributed by atoms with Crippen molar-refractivity contribution >= 4 is 21.4 Å². The van der Waals surface area contributed by atoms with Crippen LogP contribution in [0, 0.1) is 17.1 Å². The Morgan fingerprint density at radius 1 is 1.40 bits per heavy atom. The molecule has 1 atom stereocenters. The van der Waals surface area contributed by atoms with Gasteiger partial charge in [-0.05, 0) is 47.5 Å². The average molecular weight is 310 g/mol. The van der Waals surface area contributed by atoms with Gasteiger partial charge in [-0.15, -0.1) is 0 Å². The molecule has 0 fully saturated rings. The number of halogens is 1. The molecule has 104 valence electrons. The largest absolute Gasteiger partial charge is 0.241 e. The van der Waals surface area contributed by atoms with Crippen LogP contribution in [0.5, 0.6) is 0 Å². The molecule has 4 nitrogen and oxygen atoms in total. The van der Waals surface area contributed by atoms with Crippen LogP contribution in [0.1, 0.15) is 24.1 Å². The number of benzene rings is 1. The Hall–Kier alpha value is -1.75. The first-order valence-corrected chi connectivity index (χ1v) is 8.10. The zero-order chi connectivity index (χ0) is 14.8. The van der Waals surface area contributed by atoms with Crippen molar-refractivity contribution in [3.05, 3.63) is 52.0 Å². The van der Waals surface area contributed by atoms with Gasteiger partial charge < -0.3 is 0 Å². The fraction of sp³-hybridized carbons (Fsp3) is 0.154. The van der Waals surface area contributed by atoms with Crippen molar-refractivity contribution in [2.24, 2.45) is 0 Å². The van der Waals surface area contributed by atoms with Crippen LogP contribution in [0.3, 0.4) is 0 Å². The van der Waals surface area contributed by atoms with E-state index in [9.17, 15) is 12.8 Å². The van der Waals surface area contributed by atoms with Crippen molar-refractivity contribution in [2.45, 2.75) is 17.9 Å². The molecule has 1 aromatic heterocycles. The van der Waals surface area contributed by atoms with Gasteiger partial charge in [-0.2, -0.15) is 16.6 Å². The molecule has 0 radical (unpaired) electrons. The third kappa shape index (κ3) is 3.04. The summed E-state index contributed by atoms with van der Waals surface area (Å²) in [4.78, 5) is -0.127. The SMILES string of the molecule is CC(NS(=O)(=O)c1ccc(F)c(C#N)c1)c1ccsc1. The molecular formula is C13H11FN2O2S2. The van der Waals surface area contributed by atoms with E-state index >= 15 is 0 Å². The monoisotopic (exact) mass is 310 g/mol. The molecule has 0 spiro atoms. The van der Waals surface area contributed by atoms with Crippen LogP contribution in [-0.4, -0.2) is 8.42 Å². The van der Waals surface area contributed by atoms with E-state index in [1.165, 1.54) is 11.3 Å². The van der Waals surface area contributed by atoms with Crippen LogP contribution in [0.4, 0.5) is 4.39 Å². The second-order valence-corrected chi connectivity index (χ2v) is 6.65. The summed E-state index contributed by atoms with van der Waals surface area (Å²) in [6, 6.07) is 6.18. The summed E-state index contributed by atoms with van der Waals surface area (Å²) in [6.45, 7) is 1.72. The fourth-order valence-electron chi connectivity index (χ4n) is 1.65. The van der Waals surface area contributed by atoms with Crippen LogP contribution < -0.4 is 4.72 Å². The molecule has 20 heavy (non-hydrogen) atoms. The molecule has 0 amide bonds. The van der Waals surface area contributed by atoms with Crippen LogP contribution >= 0.6 is 11.3 Å². The van der Waals surface area contributed by atoms with Gasteiger partial charge in [0.1, 0.15) is 11.9 Å². The summed E-state index contributed by atoms with van der Waals surface area (Å²) in [5.74, 6) is -0.739. The molecule has 2 aromatic rings. The van der Waals surface area contributed by atoms with Crippen LogP contribution in [-0.2, 0) is 10.0 Å². The molecular weight excluding hydrogens is 299 g/mol. The lowest BCUT2D eigenvalue weighted by Crippen LogP contribution is -2.26. The second-order valence-electron chi connectivity index (χ2n) is 4.15. The number of rotatable bonds is 4. The maximum atomic E-state index is 13.2. The zero-order valence-corrected chi connectivity index (χ0v) is 12.1. The van der Waals surface area contributed by atoms with Crippen molar-refractivity contribution in [1.29, 1.82) is 5.26 Å². The summed E-state index contributed by atoms with van der Waals surface area (Å²) in [6.07, 6.45) is 0. The summed E-state index contributed by atoms with van der Waals surface area (Å²) >= 11 is 1.47. The highest BCUT2D eigenvalue weighted by Gasteiger charge is 2.20. The van der Waals surface area contributed by atoms with Crippen molar-refractivity contribution < 1.29 is 12.8 Å². The first-order chi connectivity index (χ1) is 9.44. The van der Waals surface area contributed by atoms with E-state index in [0.29, 0.717) is 0 Å². The smallest absolute Gasteiger partial charge is 0.207 e. The van der Waals surface area contributed by atoms with E-state index < -0.39 is 21.9 Å². The molecule has 0 aliphatic rings. The van der Waals surface area contributed by atoms with E-state index in [1.807, 2.05) is 16.8 Å². The maximum Gasteiger partial charge on any atom is 0.241 e. The molecule has 1 aromatic carbocycles. The molecule has 2 rings (SSSR count). The van der Waals surface area contributed by atoms with Crippen LogP contribution in [0.25, 0.3) is 0 Å². The van der Waals surface area contributed by atoms with Crippen LogP contribution in [0.15, 0.2) is 39.9 Å². The first kappa shape index (κ1) is 14.7. The van der Waals surface area contributed by atoms with Gasteiger partial charge in [0.2, 0.25) is 10.0 Å². The second kappa shape index (κ2) is 5.71. The third-order valence-corrected chi connectivity index (χ3v) is 4.98. The van der Waals surface area contributed by atoms with Gasteiger partial charge in [-0.3, -0.25) is 0 Å². The normalized spacial score (nSPS) is 12.8. The minimum atomic E-state index is -3.80. The predicted octanol–water partition coefficient (Wildman–Crippen LogP) is 2.80. The Bertz CT molecular complexity index is 749. The highest BCUT2D eigenvalue weighted by Crippen LogP contribution is 2.20. The number of sulfonamides is 1. The summed E-state index contributed by atoms with van der Waals surface area (Å²) in [5, 5.41) is 12.4. The van der Waals surface area contributed by atoms with Crippen molar-refractivity contribution in [1.82, 2.24) is 4.72 Å².